The predicted octanol–water partition coefficient (Wildman–Crippen LogP) is 3.99. The van der Waals surface area contributed by atoms with E-state index in [0.717, 1.165) is 17.5 Å². The van der Waals surface area contributed by atoms with Crippen LogP contribution in [-0.4, -0.2) is 35.8 Å². The quantitative estimate of drug-likeness (QED) is 0.314. The summed E-state index contributed by atoms with van der Waals surface area (Å²) >= 11 is 13.6. The number of nitrogens with one attached hydrogen (secondary N) is 1. The predicted molar refractivity (Wildman–Crippen MR) is 95.0 cm³/mol. The Bertz CT molecular complexity index is 927. The number of ketones is 1. The second-order valence-electron chi connectivity index (χ2n) is 5.64. The number of aromatic nitrogens is 4. The first kappa shape index (κ1) is 15.9. The largest absolute Gasteiger partial charge is 0.341 e. The number of carbonyl (C=O) groups excluding carboxylic acids is 1. The molecule has 0 spiro atoms. The molecule has 0 radical (unpaired) electrons. The van der Waals surface area contributed by atoms with Crippen molar-refractivity contribution < 1.29 is 4.79 Å². The fourth-order valence-electron chi connectivity index (χ4n) is 2.57. The number of hydrogen-bond donors (Lipinski definition) is 1. The summed E-state index contributed by atoms with van der Waals surface area (Å²) in [5, 5.41) is 0.713. The average molecular weight is 379 g/mol. The van der Waals surface area contributed by atoms with Gasteiger partial charge in [0.1, 0.15) is 21.2 Å². The summed E-state index contributed by atoms with van der Waals surface area (Å²) < 4.78 is -0.691. The van der Waals surface area contributed by atoms with Crippen LogP contribution in [0.15, 0.2) is 41.9 Å². The highest BCUT2D eigenvalue weighted by Crippen LogP contribution is 2.59. The molecule has 2 aromatic heterocycles. The number of benzene rings is 1. The first-order chi connectivity index (χ1) is 11.5. The summed E-state index contributed by atoms with van der Waals surface area (Å²) in [6.07, 6.45) is 3.74. The lowest BCUT2D eigenvalue weighted by molar-refractivity contribution is 0.102. The van der Waals surface area contributed by atoms with Crippen molar-refractivity contribution in [3.8, 4) is 0 Å². The monoisotopic (exact) mass is 378 g/mol. The third-order valence-electron chi connectivity index (χ3n) is 3.97. The first-order valence-electron chi connectivity index (χ1n) is 7.32. The van der Waals surface area contributed by atoms with Gasteiger partial charge in [-0.3, -0.25) is 4.79 Å². The summed E-state index contributed by atoms with van der Waals surface area (Å²) in [6.45, 7) is 0. The van der Waals surface area contributed by atoms with Crippen LogP contribution in [-0.2, 0) is 0 Å². The van der Waals surface area contributed by atoms with Crippen molar-refractivity contribution in [2.24, 2.45) is 0 Å². The lowest BCUT2D eigenvalue weighted by Gasteiger charge is -2.05. The summed E-state index contributed by atoms with van der Waals surface area (Å²) in [6, 6.07) is 7.52. The molecular weight excluding hydrogens is 367 g/mol. The zero-order valence-electron chi connectivity index (χ0n) is 12.4. The first-order valence-corrected chi connectivity index (χ1v) is 9.06. The SMILES string of the molecule is O=C(CSc1ncnc2nc[nH]c12)c1cccc([C@@H]2CC2(Cl)Cl)c1. The van der Waals surface area contributed by atoms with Crippen LogP contribution in [0.4, 0.5) is 0 Å². The number of rotatable bonds is 5. The molecule has 1 N–H and O–H groups in total. The molecule has 0 amide bonds. The molecule has 1 saturated carbocycles. The Kier molecular flexibility index (Phi) is 3.98. The second kappa shape index (κ2) is 6.02. The van der Waals surface area contributed by atoms with Gasteiger partial charge >= 0.3 is 0 Å². The van der Waals surface area contributed by atoms with Crippen LogP contribution < -0.4 is 0 Å². The van der Waals surface area contributed by atoms with Crippen molar-refractivity contribution >= 4 is 51.9 Å². The maximum Gasteiger partial charge on any atom is 0.181 e. The van der Waals surface area contributed by atoms with E-state index in [2.05, 4.69) is 19.9 Å². The van der Waals surface area contributed by atoms with Gasteiger partial charge in [-0.25, -0.2) is 15.0 Å². The number of thioether (sulfide) groups is 1. The van der Waals surface area contributed by atoms with Crippen molar-refractivity contribution in [3.05, 3.63) is 48.0 Å². The smallest absolute Gasteiger partial charge is 0.181 e. The Morgan fingerprint density at radius 1 is 1.33 bits per heavy atom. The summed E-state index contributed by atoms with van der Waals surface area (Å²) in [7, 11) is 0. The van der Waals surface area contributed by atoms with Gasteiger partial charge in [-0.15, -0.1) is 23.2 Å². The van der Waals surface area contributed by atoms with Crippen LogP contribution in [0.2, 0.25) is 0 Å². The Labute approximate surface area is 152 Å². The number of Topliss-reactive ketones (excluding diaryl/α,β-unsaturated/α-hetero) is 1. The number of fused-ring (bicyclic) bond motifs is 1. The van der Waals surface area contributed by atoms with E-state index in [1.165, 1.54) is 18.1 Å². The Morgan fingerprint density at radius 2 is 2.17 bits per heavy atom. The molecule has 1 atom stereocenters. The van der Waals surface area contributed by atoms with Gasteiger partial charge in [-0.05, 0) is 18.1 Å². The molecule has 5 nitrogen and oxygen atoms in total. The van der Waals surface area contributed by atoms with Crippen LogP contribution in [0, 0.1) is 0 Å². The molecule has 0 aliphatic heterocycles. The van der Waals surface area contributed by atoms with E-state index >= 15 is 0 Å². The standard InChI is InChI=1S/C16H12Cl2N4OS/c17-16(18)5-11(16)9-2-1-3-10(4-9)12(23)6-24-15-13-14(20-7-19-13)21-8-22-15/h1-4,7-8,11H,5-6H2,(H,19,20,21,22)/t11-/m0/s1. The van der Waals surface area contributed by atoms with Crippen molar-refractivity contribution in [1.29, 1.82) is 0 Å². The van der Waals surface area contributed by atoms with Gasteiger partial charge in [-0.2, -0.15) is 0 Å². The topological polar surface area (TPSA) is 71.5 Å². The number of aromatic amines is 1. The zero-order valence-corrected chi connectivity index (χ0v) is 14.7. The van der Waals surface area contributed by atoms with E-state index in [-0.39, 0.29) is 17.5 Å². The van der Waals surface area contributed by atoms with E-state index in [1.807, 2.05) is 24.3 Å². The zero-order chi connectivity index (χ0) is 16.7. The van der Waals surface area contributed by atoms with E-state index in [0.29, 0.717) is 16.2 Å². The van der Waals surface area contributed by atoms with Crippen LogP contribution in [0.1, 0.15) is 28.3 Å². The lowest BCUT2D eigenvalue weighted by Crippen LogP contribution is -2.04. The minimum absolute atomic E-state index is 0.0310. The Hall–Kier alpha value is -1.63. The van der Waals surface area contributed by atoms with Crippen LogP contribution in [0.5, 0.6) is 0 Å². The Morgan fingerprint density at radius 3 is 2.96 bits per heavy atom. The van der Waals surface area contributed by atoms with E-state index < -0.39 is 4.33 Å². The van der Waals surface area contributed by atoms with Gasteiger partial charge in [0.25, 0.3) is 0 Å². The van der Waals surface area contributed by atoms with Gasteiger partial charge in [-0.1, -0.05) is 30.0 Å². The van der Waals surface area contributed by atoms with Gasteiger partial charge in [0, 0.05) is 11.5 Å². The molecular formula is C16H12Cl2N4OS. The van der Waals surface area contributed by atoms with E-state index in [1.54, 1.807) is 6.33 Å². The number of halogens is 2. The molecule has 122 valence electrons. The highest BCUT2D eigenvalue weighted by Gasteiger charge is 2.52. The maximum absolute atomic E-state index is 12.5. The minimum atomic E-state index is -0.691. The number of hydrogen-bond acceptors (Lipinski definition) is 5. The molecule has 2 heterocycles. The summed E-state index contributed by atoms with van der Waals surface area (Å²) in [5.74, 6) is 0.419. The Balaban J connectivity index is 1.49. The molecule has 8 heteroatoms. The minimum Gasteiger partial charge on any atom is -0.341 e. The molecule has 0 bridgehead atoms. The average Bonchev–Trinajstić information content (AvgIpc) is 2.99. The number of imidazole rings is 1. The third kappa shape index (κ3) is 3.01. The molecule has 1 aliphatic carbocycles. The van der Waals surface area contributed by atoms with Crippen molar-refractivity contribution in [2.45, 2.75) is 21.7 Å². The van der Waals surface area contributed by atoms with Crippen LogP contribution in [0.3, 0.4) is 0 Å². The number of alkyl halides is 2. The maximum atomic E-state index is 12.5. The summed E-state index contributed by atoms with van der Waals surface area (Å²) in [5.41, 5.74) is 3.01. The molecule has 24 heavy (non-hydrogen) atoms. The molecule has 1 aliphatic rings. The van der Waals surface area contributed by atoms with Gasteiger partial charge in [0.05, 0.1) is 12.1 Å². The fourth-order valence-corrected chi connectivity index (χ4v) is 3.98. The van der Waals surface area contributed by atoms with E-state index in [4.69, 9.17) is 23.2 Å². The van der Waals surface area contributed by atoms with Gasteiger partial charge < -0.3 is 4.98 Å². The normalized spacial score (nSPS) is 18.7. The summed E-state index contributed by atoms with van der Waals surface area (Å²) in [4.78, 5) is 27.8. The second-order valence-corrected chi connectivity index (χ2v) is 8.14. The molecule has 0 saturated heterocycles. The molecule has 3 aromatic rings. The molecule has 4 rings (SSSR count). The number of nitrogens with zero attached hydrogens (tertiary/aromatic N) is 3. The highest BCUT2D eigenvalue weighted by molar-refractivity contribution is 8.00. The van der Waals surface area contributed by atoms with E-state index in [9.17, 15) is 4.79 Å². The third-order valence-corrected chi connectivity index (χ3v) is 5.79. The van der Waals surface area contributed by atoms with Crippen molar-refractivity contribution in [3.63, 3.8) is 0 Å². The fraction of sp³-hybridized carbons (Fsp3) is 0.250. The lowest BCUT2D eigenvalue weighted by atomic mass is 10.1. The van der Waals surface area contributed by atoms with Gasteiger partial charge in [0.15, 0.2) is 11.4 Å². The van der Waals surface area contributed by atoms with Crippen molar-refractivity contribution in [1.82, 2.24) is 19.9 Å². The molecule has 1 fully saturated rings. The molecule has 1 aromatic carbocycles. The van der Waals surface area contributed by atoms with Crippen LogP contribution >= 0.6 is 35.0 Å². The molecule has 0 unspecified atom stereocenters. The number of carbonyl (C=O) groups is 1. The number of H-pyrrole nitrogens is 1. The van der Waals surface area contributed by atoms with Gasteiger partial charge in [0.2, 0.25) is 0 Å². The van der Waals surface area contributed by atoms with Crippen molar-refractivity contribution in [2.75, 3.05) is 5.75 Å². The highest BCUT2D eigenvalue weighted by atomic mass is 35.5. The van der Waals surface area contributed by atoms with Crippen LogP contribution in [0.25, 0.3) is 11.2 Å².